The fourth-order valence-corrected chi connectivity index (χ4v) is 2.94. The van der Waals surface area contributed by atoms with Gasteiger partial charge in [0.05, 0.1) is 34.6 Å². The van der Waals surface area contributed by atoms with Crippen LogP contribution >= 0.6 is 0 Å². The highest BCUT2D eigenvalue weighted by Gasteiger charge is 2.01. The molecule has 4 N–H and O–H groups in total. The van der Waals surface area contributed by atoms with Gasteiger partial charge in [0.15, 0.2) is 0 Å². The fraction of sp³-hybridized carbons (Fsp3) is 0.214. The molecule has 0 fully saturated rings. The van der Waals surface area contributed by atoms with Gasteiger partial charge in [-0.05, 0) is 72.8 Å². The molecule has 0 spiro atoms. The van der Waals surface area contributed by atoms with E-state index >= 15 is 0 Å². The Morgan fingerprint density at radius 2 is 0.806 bits per heavy atom. The number of carboxylic acid groups (broad SMARTS) is 2. The van der Waals surface area contributed by atoms with Crippen LogP contribution in [0.3, 0.4) is 0 Å². The third kappa shape index (κ3) is 7.80. The molecule has 36 heavy (non-hydrogen) atoms. The van der Waals surface area contributed by atoms with E-state index in [4.69, 9.17) is 10.2 Å². The summed E-state index contributed by atoms with van der Waals surface area (Å²) in [6.07, 6.45) is 8.09. The summed E-state index contributed by atoms with van der Waals surface area (Å²) in [4.78, 5) is 35.4. The van der Waals surface area contributed by atoms with Crippen molar-refractivity contribution < 1.29 is 19.8 Å². The number of fused-ring (bicyclic) bond motifs is 8. The van der Waals surface area contributed by atoms with E-state index in [0.717, 1.165) is 44.8 Å². The number of nitrogens with zero attached hydrogens (tertiary/aromatic N) is 2. The third-order valence-electron chi connectivity index (χ3n) is 5.03. The average molecular weight is 487 g/mol. The largest absolute Gasteiger partial charge is 0.481 e. The minimum atomic E-state index is -0.741. The molecule has 3 aromatic heterocycles. The normalized spacial score (nSPS) is 11.5. The van der Waals surface area contributed by atoms with E-state index in [2.05, 4.69) is 44.2 Å². The standard InChI is InChI=1S/C20H14N4.2C4H8O2/c1-2-14-10-16-5-6-18(23-16)12-20-8-7-19(24-20)11-17-4-3-15(22-17)9-13(1)21-14;2*1-3(2)4(5)6/h1-12,21,24H;2*3H,1-2H3,(H,5,6). The van der Waals surface area contributed by atoms with Crippen LogP contribution in [0.5, 0.6) is 0 Å². The first-order chi connectivity index (χ1) is 17.1. The van der Waals surface area contributed by atoms with Crippen LogP contribution in [0.4, 0.5) is 0 Å². The molecule has 0 amide bonds. The van der Waals surface area contributed by atoms with E-state index in [9.17, 15) is 9.59 Å². The molecule has 8 heteroatoms. The molecule has 0 saturated carbocycles. The predicted molar refractivity (Wildman–Crippen MR) is 144 cm³/mol. The third-order valence-corrected chi connectivity index (χ3v) is 5.03. The van der Waals surface area contributed by atoms with Crippen LogP contribution in [0.15, 0.2) is 48.5 Å². The number of nitrogens with one attached hydrogen (secondary N) is 2. The zero-order valence-corrected chi connectivity index (χ0v) is 20.7. The maximum absolute atomic E-state index is 9.70. The topological polar surface area (TPSA) is 132 Å². The van der Waals surface area contributed by atoms with Crippen LogP contribution in [0.1, 0.15) is 50.5 Å². The van der Waals surface area contributed by atoms with E-state index in [1.165, 1.54) is 0 Å². The van der Waals surface area contributed by atoms with Crippen molar-refractivity contribution in [2.45, 2.75) is 27.7 Å². The number of H-pyrrole nitrogens is 2. The summed E-state index contributed by atoms with van der Waals surface area (Å²) in [5.41, 5.74) is 7.86. The highest BCUT2D eigenvalue weighted by molar-refractivity contribution is 5.77. The first-order valence-corrected chi connectivity index (χ1v) is 11.6. The van der Waals surface area contributed by atoms with Crippen LogP contribution in [-0.2, 0) is 9.59 Å². The van der Waals surface area contributed by atoms with Gasteiger partial charge in [-0.2, -0.15) is 0 Å². The Balaban J connectivity index is 0.000000253. The Hall–Kier alpha value is -4.46. The summed E-state index contributed by atoms with van der Waals surface area (Å²) >= 11 is 0. The molecular formula is C28H30N4O4. The van der Waals surface area contributed by atoms with Crippen molar-refractivity contribution in [2.24, 2.45) is 11.8 Å². The zero-order valence-electron chi connectivity index (χ0n) is 20.7. The van der Waals surface area contributed by atoms with Gasteiger partial charge in [0.25, 0.3) is 0 Å². The Bertz CT molecular complexity index is 1270. The molecule has 0 radical (unpaired) electrons. The Kier molecular flexibility index (Phi) is 8.57. The monoisotopic (exact) mass is 486 g/mol. The van der Waals surface area contributed by atoms with Crippen LogP contribution in [0, 0.1) is 11.8 Å². The summed E-state index contributed by atoms with van der Waals surface area (Å²) in [5, 5.41) is 16.0. The van der Waals surface area contributed by atoms with E-state index in [1.54, 1.807) is 27.7 Å². The van der Waals surface area contributed by atoms with Crippen molar-refractivity contribution in [3.05, 3.63) is 71.3 Å². The van der Waals surface area contributed by atoms with Gasteiger partial charge in [-0.25, -0.2) is 9.97 Å². The molecule has 5 heterocycles. The second-order valence-electron chi connectivity index (χ2n) is 8.89. The summed E-state index contributed by atoms with van der Waals surface area (Å²) in [5.74, 6) is -1.94. The molecule has 3 aromatic rings. The van der Waals surface area contributed by atoms with Gasteiger partial charge in [-0.1, -0.05) is 27.7 Å². The highest BCUT2D eigenvalue weighted by atomic mass is 16.4. The van der Waals surface area contributed by atoms with Crippen molar-refractivity contribution in [3.63, 3.8) is 0 Å². The Morgan fingerprint density at radius 1 is 0.583 bits per heavy atom. The molecule has 0 saturated heterocycles. The number of carbonyl (C=O) groups is 2. The Labute approximate surface area is 209 Å². The maximum atomic E-state index is 9.70. The van der Waals surface area contributed by atoms with Gasteiger partial charge in [-0.3, -0.25) is 9.59 Å². The molecule has 2 aliphatic rings. The average Bonchev–Trinajstić information content (AvgIpc) is 3.60. The van der Waals surface area contributed by atoms with E-state index in [-0.39, 0.29) is 11.8 Å². The van der Waals surface area contributed by atoms with Gasteiger partial charge in [-0.15, -0.1) is 0 Å². The molecule has 8 nitrogen and oxygen atoms in total. The lowest BCUT2D eigenvalue weighted by Crippen LogP contribution is -2.03. The molecule has 0 unspecified atom stereocenters. The van der Waals surface area contributed by atoms with Crippen LogP contribution in [-0.4, -0.2) is 42.1 Å². The van der Waals surface area contributed by atoms with Crippen LogP contribution < -0.4 is 0 Å². The first-order valence-electron chi connectivity index (χ1n) is 11.6. The summed E-state index contributed by atoms with van der Waals surface area (Å²) in [6, 6.07) is 16.4. The molecule has 186 valence electrons. The number of carboxylic acids is 2. The molecule has 0 aliphatic carbocycles. The van der Waals surface area contributed by atoms with Gasteiger partial charge in [0.2, 0.25) is 0 Å². The Morgan fingerprint density at radius 3 is 1.00 bits per heavy atom. The second kappa shape index (κ2) is 11.8. The van der Waals surface area contributed by atoms with Crippen molar-refractivity contribution in [2.75, 3.05) is 0 Å². The quantitative estimate of drug-likeness (QED) is 0.238. The SMILES string of the molecule is C1=Cc2cc3ccc(cc4nc(cc5ccc(cc1n2)[nH]5)C=C4)[nH]3.CC(C)C(=O)O.CC(C)C(=O)O. The highest BCUT2D eigenvalue weighted by Crippen LogP contribution is 2.16. The molecule has 5 rings (SSSR count). The van der Waals surface area contributed by atoms with Crippen molar-refractivity contribution in [1.82, 2.24) is 19.9 Å². The minimum absolute atomic E-state index is 0.231. The number of aromatic nitrogens is 4. The maximum Gasteiger partial charge on any atom is 0.305 e. The smallest absolute Gasteiger partial charge is 0.305 e. The van der Waals surface area contributed by atoms with E-state index in [1.807, 2.05) is 48.6 Å². The lowest BCUT2D eigenvalue weighted by molar-refractivity contribution is -0.141. The first kappa shape index (κ1) is 26.2. The molecular weight excluding hydrogens is 456 g/mol. The summed E-state index contributed by atoms with van der Waals surface area (Å²) in [7, 11) is 0. The van der Waals surface area contributed by atoms with Gasteiger partial charge >= 0.3 is 11.9 Å². The number of rotatable bonds is 2. The molecule has 0 atom stereocenters. The molecule has 0 aromatic carbocycles. The minimum Gasteiger partial charge on any atom is -0.481 e. The van der Waals surface area contributed by atoms with Gasteiger partial charge in [0.1, 0.15) is 0 Å². The lowest BCUT2D eigenvalue weighted by atomic mass is 10.2. The summed E-state index contributed by atoms with van der Waals surface area (Å²) in [6.45, 7) is 6.56. The summed E-state index contributed by atoms with van der Waals surface area (Å²) < 4.78 is 0. The number of aliphatic carboxylic acids is 2. The second-order valence-corrected chi connectivity index (χ2v) is 8.89. The predicted octanol–water partition coefficient (Wildman–Crippen LogP) is 6.11. The van der Waals surface area contributed by atoms with Gasteiger partial charge < -0.3 is 20.2 Å². The van der Waals surface area contributed by atoms with Crippen molar-refractivity contribution in [3.8, 4) is 0 Å². The fourth-order valence-electron chi connectivity index (χ4n) is 2.94. The van der Waals surface area contributed by atoms with E-state index < -0.39 is 11.9 Å². The van der Waals surface area contributed by atoms with Crippen molar-refractivity contribution in [1.29, 1.82) is 0 Å². The zero-order chi connectivity index (χ0) is 26.2. The lowest BCUT2D eigenvalue weighted by Gasteiger charge is -1.89. The molecule has 2 aliphatic heterocycles. The van der Waals surface area contributed by atoms with E-state index in [0.29, 0.717) is 0 Å². The molecule has 8 bridgehead atoms. The van der Waals surface area contributed by atoms with Crippen LogP contribution in [0.25, 0.3) is 46.4 Å². The van der Waals surface area contributed by atoms with Crippen molar-refractivity contribution >= 4 is 58.3 Å². The number of aromatic amines is 2. The number of hydrogen-bond donors (Lipinski definition) is 4. The number of hydrogen-bond acceptors (Lipinski definition) is 4. The van der Waals surface area contributed by atoms with Crippen LogP contribution in [0.2, 0.25) is 0 Å². The van der Waals surface area contributed by atoms with Gasteiger partial charge in [0, 0.05) is 22.1 Å².